The predicted octanol–water partition coefficient (Wildman–Crippen LogP) is 3.26. The summed E-state index contributed by atoms with van der Waals surface area (Å²) in [6.45, 7) is 3.35. The van der Waals surface area contributed by atoms with Crippen molar-refractivity contribution in [3.8, 4) is 0 Å². The van der Waals surface area contributed by atoms with Gasteiger partial charge < -0.3 is 10.6 Å². The van der Waals surface area contributed by atoms with Crippen LogP contribution in [0.3, 0.4) is 0 Å². The van der Waals surface area contributed by atoms with Gasteiger partial charge in [-0.15, -0.1) is 0 Å². The number of benzene rings is 1. The molecule has 0 fully saturated rings. The molecule has 0 radical (unpaired) electrons. The maximum atomic E-state index is 11.1. The molecular formula is C9H8Cl2N2O. The Bertz CT molecular complexity index is 346. The molecule has 0 aromatic heterocycles. The summed E-state index contributed by atoms with van der Waals surface area (Å²) >= 11 is 11.6. The number of nitrogens with one attached hydrogen (secondary N) is 2. The maximum Gasteiger partial charge on any atom is 0.323 e. The van der Waals surface area contributed by atoms with Crippen LogP contribution in [0.5, 0.6) is 0 Å². The lowest BCUT2D eigenvalue weighted by molar-refractivity contribution is 0.255. The summed E-state index contributed by atoms with van der Waals surface area (Å²) in [6, 6.07) is 4.53. The van der Waals surface area contributed by atoms with Gasteiger partial charge in [0, 0.05) is 0 Å². The number of para-hydroxylation sites is 1. The number of halogens is 2. The third-order valence-electron chi connectivity index (χ3n) is 1.43. The first-order chi connectivity index (χ1) is 6.65. The van der Waals surface area contributed by atoms with Crippen molar-refractivity contribution in [2.75, 3.05) is 5.32 Å². The van der Waals surface area contributed by atoms with Gasteiger partial charge in [-0.1, -0.05) is 35.8 Å². The van der Waals surface area contributed by atoms with Gasteiger partial charge in [0.05, 0.1) is 15.7 Å². The highest BCUT2D eigenvalue weighted by Crippen LogP contribution is 2.29. The Hall–Kier alpha value is -1.19. The van der Waals surface area contributed by atoms with E-state index in [9.17, 15) is 4.79 Å². The molecule has 0 heterocycles. The van der Waals surface area contributed by atoms with E-state index in [1.807, 2.05) is 0 Å². The van der Waals surface area contributed by atoms with Crippen LogP contribution >= 0.6 is 23.2 Å². The molecule has 74 valence electrons. The zero-order chi connectivity index (χ0) is 10.6. The van der Waals surface area contributed by atoms with Gasteiger partial charge in [-0.25, -0.2) is 4.79 Å². The molecule has 0 saturated heterocycles. The van der Waals surface area contributed by atoms with Gasteiger partial charge in [0.1, 0.15) is 0 Å². The lowest BCUT2D eigenvalue weighted by Crippen LogP contribution is -2.23. The molecule has 3 nitrogen and oxygen atoms in total. The van der Waals surface area contributed by atoms with Gasteiger partial charge in [-0.2, -0.15) is 0 Å². The fourth-order valence-electron chi connectivity index (χ4n) is 0.860. The summed E-state index contributed by atoms with van der Waals surface area (Å²) in [4.78, 5) is 11.1. The average Bonchev–Trinajstić information content (AvgIpc) is 2.12. The first-order valence-electron chi connectivity index (χ1n) is 3.77. The fraction of sp³-hybridized carbons (Fsp3) is 0. The lowest BCUT2D eigenvalue weighted by Gasteiger charge is -2.07. The summed E-state index contributed by atoms with van der Waals surface area (Å²) in [5.41, 5.74) is 0.384. The van der Waals surface area contributed by atoms with Crippen molar-refractivity contribution in [1.29, 1.82) is 0 Å². The quantitative estimate of drug-likeness (QED) is 0.805. The van der Waals surface area contributed by atoms with Crippen LogP contribution in [0, 0.1) is 0 Å². The van der Waals surface area contributed by atoms with Gasteiger partial charge in [0.15, 0.2) is 0 Å². The van der Waals surface area contributed by atoms with Crippen LogP contribution in [0.2, 0.25) is 10.0 Å². The van der Waals surface area contributed by atoms with Crippen LogP contribution in [0.25, 0.3) is 0 Å². The summed E-state index contributed by atoms with van der Waals surface area (Å²) in [7, 11) is 0. The SMILES string of the molecule is C=CNC(=O)Nc1c(Cl)cccc1Cl. The maximum absolute atomic E-state index is 11.1. The second kappa shape index (κ2) is 4.88. The largest absolute Gasteiger partial charge is 0.323 e. The molecule has 0 spiro atoms. The Kier molecular flexibility index (Phi) is 3.80. The zero-order valence-electron chi connectivity index (χ0n) is 7.18. The number of amides is 2. The van der Waals surface area contributed by atoms with Crippen LogP contribution in [-0.2, 0) is 0 Å². The molecule has 2 amide bonds. The minimum Gasteiger partial charge on any atom is -0.315 e. The number of anilines is 1. The minimum absolute atomic E-state index is 0.384. The molecule has 1 aromatic carbocycles. The minimum atomic E-state index is -0.435. The lowest BCUT2D eigenvalue weighted by atomic mass is 10.3. The predicted molar refractivity (Wildman–Crippen MR) is 58.8 cm³/mol. The Balaban J connectivity index is 2.85. The van der Waals surface area contributed by atoms with Crippen molar-refractivity contribution in [3.63, 3.8) is 0 Å². The smallest absolute Gasteiger partial charge is 0.315 e. The molecule has 0 aliphatic rings. The molecular weight excluding hydrogens is 223 g/mol. The Labute approximate surface area is 91.7 Å². The first-order valence-corrected chi connectivity index (χ1v) is 4.53. The number of carbonyl (C=O) groups excluding carboxylic acids is 1. The van der Waals surface area contributed by atoms with Crippen molar-refractivity contribution in [2.24, 2.45) is 0 Å². The van der Waals surface area contributed by atoms with Crippen LogP contribution in [-0.4, -0.2) is 6.03 Å². The van der Waals surface area contributed by atoms with Crippen LogP contribution in [0.15, 0.2) is 31.0 Å². The molecule has 5 heteroatoms. The average molecular weight is 231 g/mol. The van der Waals surface area contributed by atoms with Crippen molar-refractivity contribution in [2.45, 2.75) is 0 Å². The molecule has 0 aliphatic heterocycles. The van der Waals surface area contributed by atoms with Gasteiger partial charge in [-0.05, 0) is 18.3 Å². The molecule has 1 aromatic rings. The van der Waals surface area contributed by atoms with Gasteiger partial charge >= 0.3 is 6.03 Å². The Morgan fingerprint density at radius 2 is 1.93 bits per heavy atom. The second-order valence-electron chi connectivity index (χ2n) is 2.40. The standard InChI is InChI=1S/C9H8Cl2N2O/c1-2-12-9(14)13-8-6(10)4-3-5-7(8)11/h2-5H,1H2,(H2,12,13,14). The fourth-order valence-corrected chi connectivity index (χ4v) is 1.35. The highest BCUT2D eigenvalue weighted by atomic mass is 35.5. The van der Waals surface area contributed by atoms with Crippen molar-refractivity contribution in [3.05, 3.63) is 41.0 Å². The normalized spacial score (nSPS) is 9.29. The zero-order valence-corrected chi connectivity index (χ0v) is 8.69. The molecule has 1 rings (SSSR count). The number of urea groups is 1. The summed E-state index contributed by atoms with van der Waals surface area (Å²) in [6.07, 6.45) is 1.26. The van der Waals surface area contributed by atoms with Gasteiger partial charge in [0.2, 0.25) is 0 Å². The van der Waals surface area contributed by atoms with Gasteiger partial charge in [0.25, 0.3) is 0 Å². The van der Waals surface area contributed by atoms with E-state index in [-0.39, 0.29) is 0 Å². The van der Waals surface area contributed by atoms with Crippen molar-refractivity contribution in [1.82, 2.24) is 5.32 Å². The van der Waals surface area contributed by atoms with Crippen LogP contribution < -0.4 is 10.6 Å². The summed E-state index contributed by atoms with van der Waals surface area (Å²) < 4.78 is 0. The van der Waals surface area contributed by atoms with E-state index in [4.69, 9.17) is 23.2 Å². The van der Waals surface area contributed by atoms with Crippen molar-refractivity contribution >= 4 is 34.9 Å². The third kappa shape index (κ3) is 2.65. The van der Waals surface area contributed by atoms with E-state index in [2.05, 4.69) is 17.2 Å². The van der Waals surface area contributed by atoms with E-state index in [0.717, 1.165) is 0 Å². The van der Waals surface area contributed by atoms with Crippen LogP contribution in [0.1, 0.15) is 0 Å². The third-order valence-corrected chi connectivity index (χ3v) is 2.06. The van der Waals surface area contributed by atoms with Crippen molar-refractivity contribution < 1.29 is 4.79 Å². The Morgan fingerprint density at radius 1 is 1.36 bits per heavy atom. The highest BCUT2D eigenvalue weighted by molar-refractivity contribution is 6.39. The number of hydrogen-bond donors (Lipinski definition) is 2. The second-order valence-corrected chi connectivity index (χ2v) is 3.21. The molecule has 0 atom stereocenters. The van der Waals surface area contributed by atoms with E-state index in [1.165, 1.54) is 6.20 Å². The van der Waals surface area contributed by atoms with Crippen LogP contribution in [0.4, 0.5) is 10.5 Å². The topological polar surface area (TPSA) is 41.1 Å². The number of hydrogen-bond acceptors (Lipinski definition) is 1. The van der Waals surface area contributed by atoms with Gasteiger partial charge in [-0.3, -0.25) is 0 Å². The Morgan fingerprint density at radius 3 is 2.43 bits per heavy atom. The molecule has 0 unspecified atom stereocenters. The van der Waals surface area contributed by atoms with E-state index >= 15 is 0 Å². The number of rotatable bonds is 2. The molecule has 0 aliphatic carbocycles. The summed E-state index contributed by atoms with van der Waals surface area (Å²) in [5, 5.41) is 5.61. The molecule has 0 bridgehead atoms. The summed E-state index contributed by atoms with van der Waals surface area (Å²) in [5.74, 6) is 0. The first kappa shape index (κ1) is 10.9. The van der Waals surface area contributed by atoms with E-state index in [1.54, 1.807) is 18.2 Å². The molecule has 2 N–H and O–H groups in total. The molecule has 14 heavy (non-hydrogen) atoms. The molecule has 0 saturated carbocycles. The van der Waals surface area contributed by atoms with E-state index < -0.39 is 6.03 Å². The number of carbonyl (C=O) groups is 1. The van der Waals surface area contributed by atoms with E-state index in [0.29, 0.717) is 15.7 Å². The monoisotopic (exact) mass is 230 g/mol. The highest BCUT2D eigenvalue weighted by Gasteiger charge is 2.07.